The van der Waals surface area contributed by atoms with E-state index >= 15 is 0 Å². The average molecular weight is 265 g/mol. The minimum Gasteiger partial charge on any atom is -0.494 e. The standard InChI is InChI=1S/C14H19NO4/c1-2-9-19-12-6-3-5-11(10-12)14(18)15-8-4-7-13(16)17/h3,5-6,10H,2,4,7-9H2,1H3,(H,15,18)(H,16,17). The van der Waals surface area contributed by atoms with Crippen LogP contribution in [0.15, 0.2) is 24.3 Å². The van der Waals surface area contributed by atoms with Crippen molar-refractivity contribution >= 4 is 11.9 Å². The first-order valence-electron chi connectivity index (χ1n) is 6.36. The Morgan fingerprint density at radius 1 is 1.37 bits per heavy atom. The lowest BCUT2D eigenvalue weighted by molar-refractivity contribution is -0.137. The molecule has 0 aliphatic rings. The largest absolute Gasteiger partial charge is 0.494 e. The molecule has 0 radical (unpaired) electrons. The number of nitrogens with one attached hydrogen (secondary N) is 1. The van der Waals surface area contributed by atoms with E-state index in [1.165, 1.54) is 0 Å². The molecular weight excluding hydrogens is 246 g/mol. The van der Waals surface area contributed by atoms with E-state index in [2.05, 4.69) is 5.32 Å². The summed E-state index contributed by atoms with van der Waals surface area (Å²) in [6, 6.07) is 6.95. The van der Waals surface area contributed by atoms with Gasteiger partial charge >= 0.3 is 5.97 Å². The highest BCUT2D eigenvalue weighted by molar-refractivity contribution is 5.94. The summed E-state index contributed by atoms with van der Waals surface area (Å²) < 4.78 is 5.45. The van der Waals surface area contributed by atoms with Crippen molar-refractivity contribution in [1.29, 1.82) is 0 Å². The maximum absolute atomic E-state index is 11.8. The van der Waals surface area contributed by atoms with Gasteiger partial charge in [-0.3, -0.25) is 9.59 Å². The summed E-state index contributed by atoms with van der Waals surface area (Å²) in [5.74, 6) is -0.406. The van der Waals surface area contributed by atoms with E-state index in [4.69, 9.17) is 9.84 Å². The molecule has 5 heteroatoms. The lowest BCUT2D eigenvalue weighted by atomic mass is 10.2. The summed E-state index contributed by atoms with van der Waals surface area (Å²) in [5.41, 5.74) is 0.518. The van der Waals surface area contributed by atoms with E-state index < -0.39 is 5.97 Å². The molecule has 0 aliphatic carbocycles. The van der Waals surface area contributed by atoms with Crippen molar-refractivity contribution in [3.8, 4) is 5.75 Å². The van der Waals surface area contributed by atoms with Gasteiger partial charge in [-0.25, -0.2) is 0 Å². The average Bonchev–Trinajstić information content (AvgIpc) is 2.41. The van der Waals surface area contributed by atoms with Crippen LogP contribution in [0, 0.1) is 0 Å². The van der Waals surface area contributed by atoms with Crippen molar-refractivity contribution in [1.82, 2.24) is 5.32 Å². The van der Waals surface area contributed by atoms with Gasteiger partial charge in [0, 0.05) is 18.5 Å². The lowest BCUT2D eigenvalue weighted by Crippen LogP contribution is -2.24. The fraction of sp³-hybridized carbons (Fsp3) is 0.429. The van der Waals surface area contributed by atoms with E-state index in [1.54, 1.807) is 24.3 Å². The smallest absolute Gasteiger partial charge is 0.303 e. The van der Waals surface area contributed by atoms with Crippen molar-refractivity contribution in [2.75, 3.05) is 13.2 Å². The Morgan fingerprint density at radius 3 is 2.84 bits per heavy atom. The maximum atomic E-state index is 11.8. The second kappa shape index (κ2) is 8.13. The number of carboxylic acids is 1. The number of aliphatic carboxylic acids is 1. The summed E-state index contributed by atoms with van der Waals surface area (Å²) in [7, 11) is 0. The van der Waals surface area contributed by atoms with Gasteiger partial charge in [-0.15, -0.1) is 0 Å². The highest BCUT2D eigenvalue weighted by Crippen LogP contribution is 2.13. The molecule has 1 aromatic rings. The molecule has 1 aromatic carbocycles. The molecule has 1 amide bonds. The Kier molecular flexibility index (Phi) is 6.43. The molecule has 0 heterocycles. The second-order valence-electron chi connectivity index (χ2n) is 4.13. The number of carboxylic acid groups (broad SMARTS) is 1. The molecule has 104 valence electrons. The Morgan fingerprint density at radius 2 is 2.16 bits per heavy atom. The maximum Gasteiger partial charge on any atom is 0.303 e. The summed E-state index contributed by atoms with van der Waals surface area (Å²) in [4.78, 5) is 22.1. The minimum atomic E-state index is -0.857. The third-order valence-corrected chi connectivity index (χ3v) is 2.42. The van der Waals surface area contributed by atoms with Crippen molar-refractivity contribution in [2.24, 2.45) is 0 Å². The van der Waals surface area contributed by atoms with Gasteiger partial charge in [-0.05, 0) is 31.0 Å². The molecule has 0 aromatic heterocycles. The molecule has 0 bridgehead atoms. The van der Waals surface area contributed by atoms with Crippen LogP contribution in [0.1, 0.15) is 36.5 Å². The molecule has 0 atom stereocenters. The molecule has 5 nitrogen and oxygen atoms in total. The molecule has 0 saturated heterocycles. The van der Waals surface area contributed by atoms with E-state index in [1.807, 2.05) is 6.92 Å². The number of carbonyl (C=O) groups excluding carboxylic acids is 1. The summed E-state index contributed by atoms with van der Waals surface area (Å²) in [5, 5.41) is 11.2. The zero-order chi connectivity index (χ0) is 14.1. The molecule has 0 aliphatic heterocycles. The molecule has 0 unspecified atom stereocenters. The molecule has 19 heavy (non-hydrogen) atoms. The van der Waals surface area contributed by atoms with Crippen molar-refractivity contribution in [2.45, 2.75) is 26.2 Å². The summed E-state index contributed by atoms with van der Waals surface area (Å²) >= 11 is 0. The van der Waals surface area contributed by atoms with Crippen LogP contribution in [-0.2, 0) is 4.79 Å². The highest BCUT2D eigenvalue weighted by Gasteiger charge is 2.06. The van der Waals surface area contributed by atoms with Crippen molar-refractivity contribution < 1.29 is 19.4 Å². The summed E-state index contributed by atoms with van der Waals surface area (Å²) in [6.07, 6.45) is 1.39. The Labute approximate surface area is 112 Å². The van der Waals surface area contributed by atoms with Gasteiger partial charge in [0.15, 0.2) is 0 Å². The van der Waals surface area contributed by atoms with Crippen LogP contribution in [-0.4, -0.2) is 30.1 Å². The lowest BCUT2D eigenvalue weighted by Gasteiger charge is -2.07. The third-order valence-electron chi connectivity index (χ3n) is 2.42. The van der Waals surface area contributed by atoms with Crippen molar-refractivity contribution in [3.63, 3.8) is 0 Å². The first kappa shape index (κ1) is 15.0. The van der Waals surface area contributed by atoms with Crippen molar-refractivity contribution in [3.05, 3.63) is 29.8 Å². The van der Waals surface area contributed by atoms with Crippen LogP contribution in [0.25, 0.3) is 0 Å². The zero-order valence-corrected chi connectivity index (χ0v) is 11.0. The number of rotatable bonds is 8. The first-order chi connectivity index (χ1) is 9.13. The van der Waals surface area contributed by atoms with Gasteiger partial charge in [0.2, 0.25) is 0 Å². The quantitative estimate of drug-likeness (QED) is 0.705. The fourth-order valence-electron chi connectivity index (χ4n) is 1.49. The van der Waals surface area contributed by atoms with Gasteiger partial charge in [-0.2, -0.15) is 0 Å². The number of carbonyl (C=O) groups is 2. The Bertz CT molecular complexity index is 431. The predicted molar refractivity (Wildman–Crippen MR) is 71.4 cm³/mol. The molecule has 0 fully saturated rings. The molecule has 1 rings (SSSR count). The number of hydrogen-bond acceptors (Lipinski definition) is 3. The van der Waals surface area contributed by atoms with Gasteiger partial charge in [0.05, 0.1) is 6.61 Å². The second-order valence-corrected chi connectivity index (χ2v) is 4.13. The third kappa shape index (κ3) is 5.90. The molecular formula is C14H19NO4. The van der Waals surface area contributed by atoms with Gasteiger partial charge < -0.3 is 15.2 Å². The van der Waals surface area contributed by atoms with Crippen LogP contribution in [0.4, 0.5) is 0 Å². The van der Waals surface area contributed by atoms with Gasteiger partial charge in [0.25, 0.3) is 5.91 Å². The molecule has 2 N–H and O–H groups in total. The Hall–Kier alpha value is -2.04. The van der Waals surface area contributed by atoms with Crippen LogP contribution >= 0.6 is 0 Å². The normalized spacial score (nSPS) is 9.95. The summed E-state index contributed by atoms with van der Waals surface area (Å²) in [6.45, 7) is 2.98. The predicted octanol–water partition coefficient (Wildman–Crippen LogP) is 2.07. The topological polar surface area (TPSA) is 75.6 Å². The zero-order valence-electron chi connectivity index (χ0n) is 11.0. The minimum absolute atomic E-state index is 0.0555. The highest BCUT2D eigenvalue weighted by atomic mass is 16.5. The van der Waals surface area contributed by atoms with Crippen LogP contribution in [0.3, 0.4) is 0 Å². The van der Waals surface area contributed by atoms with Crippen LogP contribution < -0.4 is 10.1 Å². The van der Waals surface area contributed by atoms with E-state index in [9.17, 15) is 9.59 Å². The monoisotopic (exact) mass is 265 g/mol. The molecule has 0 spiro atoms. The van der Waals surface area contributed by atoms with E-state index in [0.717, 1.165) is 6.42 Å². The number of hydrogen-bond donors (Lipinski definition) is 2. The first-order valence-corrected chi connectivity index (χ1v) is 6.36. The fourth-order valence-corrected chi connectivity index (χ4v) is 1.49. The van der Waals surface area contributed by atoms with Gasteiger partial charge in [0.1, 0.15) is 5.75 Å². The van der Waals surface area contributed by atoms with Gasteiger partial charge in [-0.1, -0.05) is 13.0 Å². The number of amides is 1. The number of benzene rings is 1. The van der Waals surface area contributed by atoms with E-state index in [-0.39, 0.29) is 12.3 Å². The van der Waals surface area contributed by atoms with Crippen LogP contribution in [0.5, 0.6) is 5.75 Å². The SMILES string of the molecule is CCCOc1cccc(C(=O)NCCCC(=O)O)c1. The van der Waals surface area contributed by atoms with Crippen LogP contribution in [0.2, 0.25) is 0 Å². The number of ether oxygens (including phenoxy) is 1. The Balaban J connectivity index is 2.45. The molecule has 0 saturated carbocycles. The van der Waals surface area contributed by atoms with E-state index in [0.29, 0.717) is 30.9 Å².